The van der Waals surface area contributed by atoms with Crippen LogP contribution in [0, 0.1) is 11.7 Å². The molecular formula is C15H20ClFN2O3. The fraction of sp³-hybridized carbons (Fsp3) is 0.467. The lowest BCUT2D eigenvalue weighted by atomic mass is 9.99. The van der Waals surface area contributed by atoms with E-state index in [1.807, 2.05) is 0 Å². The number of nitrogens with one attached hydrogen (secondary N) is 2. The van der Waals surface area contributed by atoms with Gasteiger partial charge in [-0.25, -0.2) is 4.39 Å². The maximum absolute atomic E-state index is 13.0. The van der Waals surface area contributed by atoms with Crippen molar-refractivity contribution in [1.82, 2.24) is 10.6 Å². The molecule has 1 aliphatic heterocycles. The molecule has 1 amide bonds. The molecule has 0 aliphatic carbocycles. The predicted octanol–water partition coefficient (Wildman–Crippen LogP) is 1.58. The average Bonchev–Trinajstić information content (AvgIpc) is 2.37. The molecule has 1 saturated heterocycles. The van der Waals surface area contributed by atoms with E-state index in [4.69, 9.17) is 4.74 Å². The quantitative estimate of drug-likeness (QED) is 0.777. The molecule has 7 heteroatoms. The Labute approximate surface area is 135 Å². The van der Waals surface area contributed by atoms with E-state index in [1.54, 1.807) is 19.1 Å². The Morgan fingerprint density at radius 2 is 2.00 bits per heavy atom. The molecule has 1 aromatic carbocycles. The molecule has 122 valence electrons. The number of carbonyl (C=O) groups excluding carboxylic acids is 2. The summed E-state index contributed by atoms with van der Waals surface area (Å²) in [4.78, 5) is 23.7. The van der Waals surface area contributed by atoms with Crippen molar-refractivity contribution in [1.29, 1.82) is 0 Å². The van der Waals surface area contributed by atoms with Crippen molar-refractivity contribution >= 4 is 24.3 Å². The fourth-order valence-corrected chi connectivity index (χ4v) is 2.10. The first kappa shape index (κ1) is 18.4. The van der Waals surface area contributed by atoms with Gasteiger partial charge in [-0.3, -0.25) is 9.59 Å². The van der Waals surface area contributed by atoms with Crippen LogP contribution >= 0.6 is 12.4 Å². The summed E-state index contributed by atoms with van der Waals surface area (Å²) in [5.41, 5.74) is 0.685. The van der Waals surface area contributed by atoms with Crippen LogP contribution in [0.3, 0.4) is 0 Å². The summed E-state index contributed by atoms with van der Waals surface area (Å²) in [5.74, 6) is -0.926. The minimum atomic E-state index is -0.502. The molecule has 0 saturated carbocycles. The number of carbonyl (C=O) groups is 2. The van der Waals surface area contributed by atoms with Gasteiger partial charge in [-0.05, 0) is 24.6 Å². The van der Waals surface area contributed by atoms with E-state index in [9.17, 15) is 14.0 Å². The summed E-state index contributed by atoms with van der Waals surface area (Å²) in [6.45, 7) is 3.29. The van der Waals surface area contributed by atoms with E-state index in [-0.39, 0.29) is 49.0 Å². The number of halogens is 2. The zero-order chi connectivity index (χ0) is 15.2. The van der Waals surface area contributed by atoms with Crippen molar-refractivity contribution < 1.29 is 18.7 Å². The number of amides is 1. The third kappa shape index (κ3) is 4.96. The van der Waals surface area contributed by atoms with E-state index < -0.39 is 6.04 Å². The van der Waals surface area contributed by atoms with Crippen LogP contribution in [-0.4, -0.2) is 31.6 Å². The summed E-state index contributed by atoms with van der Waals surface area (Å²) < 4.78 is 17.9. The van der Waals surface area contributed by atoms with E-state index in [1.165, 1.54) is 12.1 Å². The Bertz CT molecular complexity index is 506. The lowest BCUT2D eigenvalue weighted by Gasteiger charge is -2.28. The highest BCUT2D eigenvalue weighted by atomic mass is 35.5. The maximum atomic E-state index is 13.0. The largest absolute Gasteiger partial charge is 0.466 e. The third-order valence-electron chi connectivity index (χ3n) is 3.42. The Kier molecular flexibility index (Phi) is 7.27. The maximum Gasteiger partial charge on any atom is 0.308 e. The van der Waals surface area contributed by atoms with Crippen molar-refractivity contribution in [2.24, 2.45) is 5.92 Å². The minimum Gasteiger partial charge on any atom is -0.466 e. The van der Waals surface area contributed by atoms with Gasteiger partial charge in [0, 0.05) is 13.1 Å². The lowest BCUT2D eigenvalue weighted by molar-refractivity contribution is -0.144. The molecule has 0 spiro atoms. The molecular weight excluding hydrogens is 311 g/mol. The van der Waals surface area contributed by atoms with Gasteiger partial charge in [-0.2, -0.15) is 0 Å². The molecule has 5 nitrogen and oxygen atoms in total. The number of hydrogen-bond acceptors (Lipinski definition) is 4. The summed E-state index contributed by atoms with van der Waals surface area (Å²) >= 11 is 0. The van der Waals surface area contributed by atoms with Crippen LogP contribution in [0.2, 0.25) is 0 Å². The van der Waals surface area contributed by atoms with Crippen LogP contribution in [0.25, 0.3) is 0 Å². The first-order valence-electron chi connectivity index (χ1n) is 7.02. The van der Waals surface area contributed by atoms with E-state index in [2.05, 4.69) is 10.6 Å². The Morgan fingerprint density at radius 3 is 2.50 bits per heavy atom. The molecule has 0 aromatic heterocycles. The van der Waals surface area contributed by atoms with Crippen molar-refractivity contribution in [3.05, 3.63) is 35.6 Å². The van der Waals surface area contributed by atoms with Gasteiger partial charge in [0.2, 0.25) is 5.91 Å². The number of rotatable bonds is 6. The van der Waals surface area contributed by atoms with Gasteiger partial charge < -0.3 is 15.4 Å². The summed E-state index contributed by atoms with van der Waals surface area (Å²) in [6.07, 6.45) is 0.0331. The molecule has 2 N–H and O–H groups in total. The third-order valence-corrected chi connectivity index (χ3v) is 3.42. The van der Waals surface area contributed by atoms with Crippen molar-refractivity contribution in [2.45, 2.75) is 19.4 Å². The fourth-order valence-electron chi connectivity index (χ4n) is 2.10. The van der Waals surface area contributed by atoms with Gasteiger partial charge in [-0.15, -0.1) is 12.4 Å². The second-order valence-corrected chi connectivity index (χ2v) is 4.98. The normalized spacial score (nSPS) is 15.2. The first-order valence-corrected chi connectivity index (χ1v) is 7.02. The first-order chi connectivity index (χ1) is 10.1. The Morgan fingerprint density at radius 1 is 1.36 bits per heavy atom. The molecule has 1 heterocycles. The van der Waals surface area contributed by atoms with Crippen molar-refractivity contribution in [3.8, 4) is 0 Å². The summed E-state index contributed by atoms with van der Waals surface area (Å²) in [5, 5.41) is 5.86. The second kappa shape index (κ2) is 8.70. The van der Waals surface area contributed by atoms with E-state index >= 15 is 0 Å². The Hall–Kier alpha value is -1.66. The predicted molar refractivity (Wildman–Crippen MR) is 82.1 cm³/mol. The highest BCUT2D eigenvalue weighted by Crippen LogP contribution is 2.19. The van der Waals surface area contributed by atoms with Crippen molar-refractivity contribution in [3.63, 3.8) is 0 Å². The molecule has 1 unspecified atom stereocenters. The van der Waals surface area contributed by atoms with Gasteiger partial charge in [0.15, 0.2) is 0 Å². The van der Waals surface area contributed by atoms with Gasteiger partial charge in [0.1, 0.15) is 5.82 Å². The van der Waals surface area contributed by atoms with Crippen LogP contribution in [-0.2, 0) is 14.3 Å². The van der Waals surface area contributed by atoms with E-state index in [0.717, 1.165) is 0 Å². The van der Waals surface area contributed by atoms with Gasteiger partial charge in [0.05, 0.1) is 25.0 Å². The molecule has 1 aliphatic rings. The number of esters is 1. The van der Waals surface area contributed by atoms with Gasteiger partial charge in [-0.1, -0.05) is 12.1 Å². The van der Waals surface area contributed by atoms with Crippen LogP contribution in [0.4, 0.5) is 4.39 Å². The average molecular weight is 331 g/mol. The lowest BCUT2D eigenvalue weighted by Crippen LogP contribution is -2.51. The van der Waals surface area contributed by atoms with Crippen LogP contribution in [0.5, 0.6) is 0 Å². The van der Waals surface area contributed by atoms with E-state index in [0.29, 0.717) is 18.7 Å². The number of ether oxygens (including phenoxy) is 1. The van der Waals surface area contributed by atoms with Crippen LogP contribution < -0.4 is 10.6 Å². The number of hydrogen-bond donors (Lipinski definition) is 2. The summed E-state index contributed by atoms with van der Waals surface area (Å²) in [6, 6.07) is 5.25. The van der Waals surface area contributed by atoms with Crippen LogP contribution in [0.1, 0.15) is 24.9 Å². The topological polar surface area (TPSA) is 67.4 Å². The van der Waals surface area contributed by atoms with Gasteiger partial charge >= 0.3 is 5.97 Å². The van der Waals surface area contributed by atoms with Crippen molar-refractivity contribution in [2.75, 3.05) is 19.7 Å². The zero-order valence-electron chi connectivity index (χ0n) is 12.3. The number of benzene rings is 1. The molecule has 1 fully saturated rings. The molecule has 0 radical (unpaired) electrons. The molecule has 0 bridgehead atoms. The molecule has 1 atom stereocenters. The minimum absolute atomic E-state index is 0. The highest BCUT2D eigenvalue weighted by molar-refractivity contribution is 5.85. The molecule has 2 rings (SSSR count). The summed E-state index contributed by atoms with van der Waals surface area (Å²) in [7, 11) is 0. The van der Waals surface area contributed by atoms with Gasteiger partial charge in [0.25, 0.3) is 0 Å². The molecule has 22 heavy (non-hydrogen) atoms. The zero-order valence-corrected chi connectivity index (χ0v) is 13.1. The standard InChI is InChI=1S/C15H19FN2O3.ClH/c1-2-21-14(19)7-13(10-3-5-12(16)6-4-10)18-15(20)11-8-17-9-11;/h3-6,11,13,17H,2,7-9H2,1H3,(H,18,20);1H. The molecule has 1 aromatic rings. The van der Waals surface area contributed by atoms with Crippen LogP contribution in [0.15, 0.2) is 24.3 Å². The smallest absolute Gasteiger partial charge is 0.308 e. The SMILES string of the molecule is CCOC(=O)CC(NC(=O)C1CNC1)c1ccc(F)cc1.Cl. The highest BCUT2D eigenvalue weighted by Gasteiger charge is 2.28. The second-order valence-electron chi connectivity index (χ2n) is 4.98. The monoisotopic (exact) mass is 330 g/mol. The Balaban J connectivity index is 0.00000242.